The molecule has 1 aromatic heterocycles. The number of rotatable bonds is 5. The number of benzene rings is 2. The van der Waals surface area contributed by atoms with E-state index in [1.807, 2.05) is 54.6 Å². The topological polar surface area (TPSA) is 87.1 Å². The highest BCUT2D eigenvalue weighted by Gasteiger charge is 2.25. The molecule has 1 aliphatic heterocycles. The van der Waals surface area contributed by atoms with Gasteiger partial charge in [0.1, 0.15) is 17.2 Å². The maximum Gasteiger partial charge on any atom is 0.235 e. The molecule has 0 spiro atoms. The molecule has 8 heteroatoms. The van der Waals surface area contributed by atoms with Crippen molar-refractivity contribution in [2.75, 3.05) is 6.26 Å². The maximum absolute atomic E-state index is 11.5. The Morgan fingerprint density at radius 3 is 2.24 bits per heavy atom. The van der Waals surface area contributed by atoms with Crippen molar-refractivity contribution in [3.05, 3.63) is 78.5 Å². The van der Waals surface area contributed by atoms with Crippen molar-refractivity contribution in [3.63, 3.8) is 0 Å². The second-order valence-electron chi connectivity index (χ2n) is 6.47. The molecule has 0 saturated heterocycles. The van der Waals surface area contributed by atoms with Gasteiger partial charge in [-0.3, -0.25) is 0 Å². The summed E-state index contributed by atoms with van der Waals surface area (Å²) in [7, 11) is -3.35. The summed E-state index contributed by atoms with van der Waals surface area (Å²) in [5, 5.41) is 3.96. The van der Waals surface area contributed by atoms with Crippen molar-refractivity contribution >= 4 is 15.7 Å². The molecule has 0 bridgehead atoms. The van der Waals surface area contributed by atoms with Crippen LogP contribution >= 0.6 is 0 Å². The first-order valence-electron chi connectivity index (χ1n) is 8.87. The summed E-state index contributed by atoms with van der Waals surface area (Å²) >= 11 is 0. The lowest BCUT2D eigenvalue weighted by Gasteiger charge is -2.10. The molecule has 1 aliphatic rings. The van der Waals surface area contributed by atoms with Crippen LogP contribution in [-0.2, 0) is 14.7 Å². The second-order valence-corrected chi connectivity index (χ2v) is 8.44. The van der Waals surface area contributed by atoms with E-state index in [2.05, 4.69) is 10.1 Å². The van der Waals surface area contributed by atoms with E-state index < -0.39 is 9.84 Å². The Balaban J connectivity index is 1.35. The van der Waals surface area contributed by atoms with E-state index in [-0.39, 0.29) is 11.1 Å². The van der Waals surface area contributed by atoms with Crippen molar-refractivity contribution < 1.29 is 22.7 Å². The number of hydrogen-bond acceptors (Lipinski definition) is 7. The molecule has 0 N–H and O–H groups in total. The highest BCUT2D eigenvalue weighted by molar-refractivity contribution is 7.90. The molecule has 2 aromatic carbocycles. The quantitative estimate of drug-likeness (QED) is 0.628. The predicted molar refractivity (Wildman–Crippen MR) is 107 cm³/mol. The van der Waals surface area contributed by atoms with Gasteiger partial charge in [-0.25, -0.2) is 13.4 Å². The van der Waals surface area contributed by atoms with Crippen molar-refractivity contribution in [2.45, 2.75) is 17.6 Å². The first-order chi connectivity index (χ1) is 14.0. The molecule has 0 saturated carbocycles. The highest BCUT2D eigenvalue weighted by atomic mass is 32.2. The van der Waals surface area contributed by atoms with Crippen molar-refractivity contribution in [2.24, 2.45) is 5.16 Å². The van der Waals surface area contributed by atoms with Crippen LogP contribution in [-0.4, -0.2) is 25.6 Å². The van der Waals surface area contributed by atoms with Crippen LogP contribution in [0.4, 0.5) is 0 Å². The highest BCUT2D eigenvalue weighted by Crippen LogP contribution is 2.30. The number of oxime groups is 1. The van der Waals surface area contributed by atoms with Crippen molar-refractivity contribution in [1.82, 2.24) is 4.98 Å². The molecule has 0 aliphatic carbocycles. The largest absolute Gasteiger partial charge is 0.457 e. The molecular formula is C21H18N2O5S. The molecule has 0 unspecified atom stereocenters. The lowest BCUT2D eigenvalue weighted by Crippen LogP contribution is -2.08. The summed E-state index contributed by atoms with van der Waals surface area (Å²) in [6, 6.07) is 20.1. The Hall–Kier alpha value is -3.39. The lowest BCUT2D eigenvalue weighted by atomic mass is 10.1. The Morgan fingerprint density at radius 2 is 1.59 bits per heavy atom. The van der Waals surface area contributed by atoms with Gasteiger partial charge in [0.2, 0.25) is 5.90 Å². The molecule has 4 rings (SSSR count). The molecule has 148 valence electrons. The minimum Gasteiger partial charge on any atom is -0.457 e. The number of aromatic nitrogens is 1. The van der Waals surface area contributed by atoms with Crippen molar-refractivity contribution in [3.8, 4) is 17.2 Å². The van der Waals surface area contributed by atoms with Gasteiger partial charge in [0.05, 0.1) is 12.6 Å². The van der Waals surface area contributed by atoms with Gasteiger partial charge in [-0.2, -0.15) is 0 Å². The average Bonchev–Trinajstić information content (AvgIpc) is 3.17. The SMILES string of the molecule is CS(=O)(=O)c1ccc(OC2=NO[C@H](c3ccc(Oc4ccccc4)cc3)C2)cn1. The van der Waals surface area contributed by atoms with Crippen LogP contribution in [0.5, 0.6) is 17.2 Å². The first-order valence-corrected chi connectivity index (χ1v) is 10.8. The van der Waals surface area contributed by atoms with Gasteiger partial charge in [-0.1, -0.05) is 35.5 Å². The fourth-order valence-electron chi connectivity index (χ4n) is 2.75. The Kier molecular flexibility index (Phi) is 5.18. The van der Waals surface area contributed by atoms with E-state index in [0.717, 1.165) is 23.3 Å². The predicted octanol–water partition coefficient (Wildman–Crippen LogP) is 4.13. The third-order valence-electron chi connectivity index (χ3n) is 4.20. The molecule has 7 nitrogen and oxygen atoms in total. The first kappa shape index (κ1) is 18.9. The van der Waals surface area contributed by atoms with E-state index in [4.69, 9.17) is 14.3 Å². The van der Waals surface area contributed by atoms with Gasteiger partial charge in [0, 0.05) is 6.26 Å². The number of nitrogens with zero attached hydrogens (tertiary/aromatic N) is 2. The third-order valence-corrected chi connectivity index (χ3v) is 5.20. The molecule has 1 atom stereocenters. The smallest absolute Gasteiger partial charge is 0.235 e. The third kappa shape index (κ3) is 4.72. The Labute approximate surface area is 168 Å². The summed E-state index contributed by atoms with van der Waals surface area (Å²) in [5.41, 5.74) is 0.943. The average molecular weight is 410 g/mol. The standard InChI is InChI=1S/C21H18N2O5S/c1-29(24,25)21-12-11-18(14-22-21)27-20-13-19(28-23-20)15-7-9-17(10-8-15)26-16-5-3-2-4-6-16/h2-12,14,19H,13H2,1H3/t19-/m0/s1. The number of para-hydroxylation sites is 1. The van der Waals surface area contributed by atoms with Gasteiger partial charge in [0.25, 0.3) is 0 Å². The molecule has 3 aromatic rings. The molecular weight excluding hydrogens is 392 g/mol. The molecule has 0 radical (unpaired) electrons. The van der Waals surface area contributed by atoms with Gasteiger partial charge in [0.15, 0.2) is 21.0 Å². The summed E-state index contributed by atoms with van der Waals surface area (Å²) in [6.07, 6.45) is 2.64. The summed E-state index contributed by atoms with van der Waals surface area (Å²) in [5.74, 6) is 2.29. The maximum atomic E-state index is 11.5. The summed E-state index contributed by atoms with van der Waals surface area (Å²) < 4.78 is 34.3. The van der Waals surface area contributed by atoms with Gasteiger partial charge < -0.3 is 14.3 Å². The number of pyridine rings is 1. The van der Waals surface area contributed by atoms with E-state index in [1.54, 1.807) is 0 Å². The van der Waals surface area contributed by atoms with Crippen LogP contribution in [0.25, 0.3) is 0 Å². The molecule has 29 heavy (non-hydrogen) atoms. The number of hydrogen-bond donors (Lipinski definition) is 0. The van der Waals surface area contributed by atoms with E-state index in [0.29, 0.717) is 18.1 Å². The zero-order valence-electron chi connectivity index (χ0n) is 15.6. The Bertz CT molecular complexity index is 1110. The van der Waals surface area contributed by atoms with Crippen LogP contribution in [0.2, 0.25) is 0 Å². The van der Waals surface area contributed by atoms with Crippen molar-refractivity contribution in [1.29, 1.82) is 0 Å². The Morgan fingerprint density at radius 1 is 0.897 bits per heavy atom. The molecule has 0 fully saturated rings. The van der Waals surface area contributed by atoms with E-state index >= 15 is 0 Å². The van der Waals surface area contributed by atoms with Crippen LogP contribution in [0.15, 0.2) is 83.1 Å². The van der Waals surface area contributed by atoms with Gasteiger partial charge in [-0.15, -0.1) is 0 Å². The fourth-order valence-corrected chi connectivity index (χ4v) is 3.31. The van der Waals surface area contributed by atoms with E-state index in [1.165, 1.54) is 18.3 Å². The molecule has 0 amide bonds. The normalized spacial score (nSPS) is 16.0. The summed E-state index contributed by atoms with van der Waals surface area (Å²) in [6.45, 7) is 0. The number of ether oxygens (including phenoxy) is 2. The van der Waals surface area contributed by atoms with E-state index in [9.17, 15) is 8.42 Å². The van der Waals surface area contributed by atoms with Crippen LogP contribution < -0.4 is 9.47 Å². The minimum atomic E-state index is -3.35. The van der Waals surface area contributed by atoms with Crippen LogP contribution in [0, 0.1) is 0 Å². The lowest BCUT2D eigenvalue weighted by molar-refractivity contribution is 0.0855. The van der Waals surface area contributed by atoms with Crippen LogP contribution in [0.1, 0.15) is 18.1 Å². The second kappa shape index (κ2) is 7.92. The van der Waals surface area contributed by atoms with Crippen LogP contribution in [0.3, 0.4) is 0 Å². The zero-order chi connectivity index (χ0) is 20.3. The molecule has 2 heterocycles. The van der Waals surface area contributed by atoms with Gasteiger partial charge >= 0.3 is 0 Å². The van der Waals surface area contributed by atoms with Gasteiger partial charge in [-0.05, 0) is 42.0 Å². The monoisotopic (exact) mass is 410 g/mol. The zero-order valence-corrected chi connectivity index (χ0v) is 16.4. The number of sulfone groups is 1. The minimum absolute atomic E-state index is 0.00912. The fraction of sp³-hybridized carbons (Fsp3) is 0.143. The summed E-state index contributed by atoms with van der Waals surface area (Å²) in [4.78, 5) is 9.36.